The molecule has 2 nitrogen and oxygen atoms in total. The van der Waals surface area contributed by atoms with E-state index in [0.29, 0.717) is 6.42 Å². The lowest BCUT2D eigenvalue weighted by Gasteiger charge is -2.23. The van der Waals surface area contributed by atoms with Gasteiger partial charge in [0, 0.05) is 6.04 Å². The molecule has 0 aromatic rings. The molecule has 0 bridgehead atoms. The highest BCUT2D eigenvalue weighted by Crippen LogP contribution is 2.36. The molecule has 0 heterocycles. The third-order valence-electron chi connectivity index (χ3n) is 2.82. The van der Waals surface area contributed by atoms with Crippen molar-refractivity contribution in [3.63, 3.8) is 0 Å². The predicted molar refractivity (Wildman–Crippen MR) is 45.9 cm³/mol. The number of hydrogen-bond donors (Lipinski definition) is 1. The third kappa shape index (κ3) is 2.44. The van der Waals surface area contributed by atoms with Crippen LogP contribution >= 0.6 is 0 Å². The lowest BCUT2D eigenvalue weighted by atomic mass is 10.1. The zero-order chi connectivity index (χ0) is 12.6. The van der Waals surface area contributed by atoms with Crippen molar-refractivity contribution in [3.05, 3.63) is 0 Å². The minimum atomic E-state index is -5.83. The first-order valence-electron chi connectivity index (χ1n) is 4.91. The van der Waals surface area contributed by atoms with E-state index in [1.54, 1.807) is 12.2 Å². The van der Waals surface area contributed by atoms with Crippen LogP contribution < -0.4 is 5.32 Å². The lowest BCUT2D eigenvalue weighted by molar-refractivity contribution is -0.270. The normalized spacial score (nSPS) is 26.9. The Kier molecular flexibility index (Phi) is 3.44. The molecule has 1 rings (SSSR count). The summed E-state index contributed by atoms with van der Waals surface area (Å²) < 4.78 is 60.7. The fourth-order valence-electron chi connectivity index (χ4n) is 1.75. The predicted octanol–water partition coefficient (Wildman–Crippen LogP) is 2.49. The van der Waals surface area contributed by atoms with Crippen LogP contribution in [0.15, 0.2) is 0 Å². The molecular formula is C9H12F5NO. The average molecular weight is 245 g/mol. The molecule has 1 N–H and O–H groups in total. The monoisotopic (exact) mass is 245 g/mol. The van der Waals surface area contributed by atoms with Crippen LogP contribution in [0.4, 0.5) is 22.0 Å². The summed E-state index contributed by atoms with van der Waals surface area (Å²) in [6.07, 6.45) is -3.94. The molecule has 1 aliphatic carbocycles. The van der Waals surface area contributed by atoms with Gasteiger partial charge in [0.15, 0.2) is 0 Å². The van der Waals surface area contributed by atoms with Gasteiger partial charge in [0.05, 0.1) is 0 Å². The molecular weight excluding hydrogens is 233 g/mol. The van der Waals surface area contributed by atoms with Crippen molar-refractivity contribution in [1.82, 2.24) is 5.32 Å². The summed E-state index contributed by atoms with van der Waals surface area (Å²) in [6.45, 7) is 1.71. The summed E-state index contributed by atoms with van der Waals surface area (Å²) in [7, 11) is 0. The summed E-state index contributed by atoms with van der Waals surface area (Å²) in [5.41, 5.74) is 0. The summed E-state index contributed by atoms with van der Waals surface area (Å²) in [6, 6.07) is -0.583. The van der Waals surface area contributed by atoms with Crippen molar-refractivity contribution in [2.24, 2.45) is 5.92 Å². The molecule has 94 valence electrons. The molecule has 0 aromatic heterocycles. The Morgan fingerprint density at radius 3 is 2.12 bits per heavy atom. The van der Waals surface area contributed by atoms with Crippen LogP contribution in [0, 0.1) is 5.92 Å². The lowest BCUT2D eigenvalue weighted by Crippen LogP contribution is -2.53. The van der Waals surface area contributed by atoms with E-state index in [1.807, 2.05) is 0 Å². The molecule has 2 unspecified atom stereocenters. The van der Waals surface area contributed by atoms with Crippen molar-refractivity contribution in [2.75, 3.05) is 0 Å². The number of amides is 1. The molecule has 1 saturated carbocycles. The van der Waals surface area contributed by atoms with Crippen LogP contribution in [0.2, 0.25) is 0 Å². The van der Waals surface area contributed by atoms with Gasteiger partial charge in [-0.05, 0) is 18.8 Å². The van der Waals surface area contributed by atoms with E-state index in [0.717, 1.165) is 12.8 Å². The van der Waals surface area contributed by atoms with E-state index in [4.69, 9.17) is 0 Å². The highest BCUT2D eigenvalue weighted by molar-refractivity contribution is 5.84. The standard InChI is InChI=1S/C9H12F5NO/c1-5-3-2-4-6(5)15-7(16)8(10,11)9(12,13)14/h5-6H,2-4H2,1H3,(H,15,16). The number of carbonyl (C=O) groups is 1. The maximum atomic E-state index is 12.6. The number of rotatable bonds is 2. The summed E-state index contributed by atoms with van der Waals surface area (Å²) in [4.78, 5) is 10.8. The van der Waals surface area contributed by atoms with E-state index in [2.05, 4.69) is 0 Å². The molecule has 0 spiro atoms. The van der Waals surface area contributed by atoms with Crippen LogP contribution in [0.5, 0.6) is 0 Å². The highest BCUT2D eigenvalue weighted by atomic mass is 19.4. The van der Waals surface area contributed by atoms with Crippen LogP contribution in [0.3, 0.4) is 0 Å². The van der Waals surface area contributed by atoms with E-state index in [1.165, 1.54) is 0 Å². The number of carbonyl (C=O) groups excluding carboxylic acids is 1. The van der Waals surface area contributed by atoms with Crippen molar-refractivity contribution in [2.45, 2.75) is 44.3 Å². The molecule has 1 amide bonds. The fourth-order valence-corrected chi connectivity index (χ4v) is 1.75. The summed E-state index contributed by atoms with van der Waals surface area (Å²) in [5.74, 6) is -7.62. The van der Waals surface area contributed by atoms with Gasteiger partial charge in [0.2, 0.25) is 0 Å². The first-order valence-corrected chi connectivity index (χ1v) is 4.91. The summed E-state index contributed by atoms with van der Waals surface area (Å²) in [5, 5.41) is 1.77. The number of alkyl halides is 5. The third-order valence-corrected chi connectivity index (χ3v) is 2.82. The minimum Gasteiger partial charge on any atom is -0.348 e. The SMILES string of the molecule is CC1CCCC1NC(=O)C(F)(F)C(F)(F)F. The van der Waals surface area contributed by atoms with Crippen LogP contribution in [0.1, 0.15) is 26.2 Å². The Morgan fingerprint density at radius 1 is 1.19 bits per heavy atom. The zero-order valence-corrected chi connectivity index (χ0v) is 8.57. The zero-order valence-electron chi connectivity index (χ0n) is 8.57. The van der Waals surface area contributed by atoms with E-state index in [-0.39, 0.29) is 5.92 Å². The van der Waals surface area contributed by atoms with E-state index >= 15 is 0 Å². The van der Waals surface area contributed by atoms with Crippen LogP contribution in [0.25, 0.3) is 0 Å². The van der Waals surface area contributed by atoms with Crippen LogP contribution in [-0.2, 0) is 4.79 Å². The minimum absolute atomic E-state index is 0.0621. The number of halogens is 5. The van der Waals surface area contributed by atoms with E-state index in [9.17, 15) is 26.7 Å². The second-order valence-corrected chi connectivity index (χ2v) is 4.06. The van der Waals surface area contributed by atoms with Gasteiger partial charge in [-0.3, -0.25) is 4.79 Å². The fraction of sp³-hybridized carbons (Fsp3) is 0.889. The molecule has 0 aliphatic heterocycles. The van der Waals surface area contributed by atoms with Gasteiger partial charge in [-0.1, -0.05) is 13.3 Å². The Balaban J connectivity index is 2.65. The van der Waals surface area contributed by atoms with Crippen LogP contribution in [-0.4, -0.2) is 24.0 Å². The van der Waals surface area contributed by atoms with Crippen molar-refractivity contribution >= 4 is 5.91 Å². The van der Waals surface area contributed by atoms with Gasteiger partial charge in [0.1, 0.15) is 0 Å². The molecule has 16 heavy (non-hydrogen) atoms. The van der Waals surface area contributed by atoms with Crippen molar-refractivity contribution in [1.29, 1.82) is 0 Å². The first-order chi connectivity index (χ1) is 7.16. The maximum Gasteiger partial charge on any atom is 0.463 e. The van der Waals surface area contributed by atoms with Gasteiger partial charge in [-0.25, -0.2) is 0 Å². The average Bonchev–Trinajstić information content (AvgIpc) is 2.49. The maximum absolute atomic E-state index is 12.6. The molecule has 0 saturated heterocycles. The topological polar surface area (TPSA) is 29.1 Å². The van der Waals surface area contributed by atoms with Crippen molar-refractivity contribution < 1.29 is 26.7 Å². The number of nitrogens with one attached hydrogen (secondary N) is 1. The Hall–Kier alpha value is -0.880. The van der Waals surface area contributed by atoms with Gasteiger partial charge in [0.25, 0.3) is 0 Å². The van der Waals surface area contributed by atoms with Gasteiger partial charge in [-0.15, -0.1) is 0 Å². The molecule has 0 aromatic carbocycles. The Morgan fingerprint density at radius 2 is 1.75 bits per heavy atom. The molecule has 1 aliphatic rings. The largest absolute Gasteiger partial charge is 0.463 e. The summed E-state index contributed by atoms with van der Waals surface area (Å²) >= 11 is 0. The Bertz CT molecular complexity index is 276. The van der Waals surface area contributed by atoms with Gasteiger partial charge >= 0.3 is 18.0 Å². The van der Waals surface area contributed by atoms with E-state index < -0.39 is 24.0 Å². The molecule has 0 radical (unpaired) electrons. The quantitative estimate of drug-likeness (QED) is 0.744. The molecule has 7 heteroatoms. The smallest absolute Gasteiger partial charge is 0.348 e. The highest BCUT2D eigenvalue weighted by Gasteiger charge is 2.63. The Labute approximate surface area is 89.2 Å². The second kappa shape index (κ2) is 4.18. The molecule has 1 fully saturated rings. The van der Waals surface area contributed by atoms with Gasteiger partial charge in [-0.2, -0.15) is 22.0 Å². The van der Waals surface area contributed by atoms with Gasteiger partial charge < -0.3 is 5.32 Å². The van der Waals surface area contributed by atoms with Crippen molar-refractivity contribution in [3.8, 4) is 0 Å². The molecule has 2 atom stereocenters. The first kappa shape index (κ1) is 13.2. The second-order valence-electron chi connectivity index (χ2n) is 4.06. The number of hydrogen-bond acceptors (Lipinski definition) is 1.